The van der Waals surface area contributed by atoms with Crippen molar-refractivity contribution in [3.63, 3.8) is 0 Å². The topological polar surface area (TPSA) is 67.2 Å². The Balaban J connectivity index is 1.61. The zero-order valence-corrected chi connectivity index (χ0v) is 14.5. The van der Waals surface area contributed by atoms with Gasteiger partial charge >= 0.3 is 0 Å². The van der Waals surface area contributed by atoms with E-state index in [1.807, 2.05) is 47.3 Å². The van der Waals surface area contributed by atoms with Crippen LogP contribution in [0, 0.1) is 5.92 Å². The highest BCUT2D eigenvalue weighted by molar-refractivity contribution is 5.84. The molecular weight excluding hydrogens is 316 g/mol. The molecule has 6 nitrogen and oxygen atoms in total. The summed E-state index contributed by atoms with van der Waals surface area (Å²) in [7, 11) is 1.79. The molecule has 0 saturated carbocycles. The van der Waals surface area contributed by atoms with Gasteiger partial charge in [0.1, 0.15) is 0 Å². The summed E-state index contributed by atoms with van der Waals surface area (Å²) in [6, 6.07) is 11.5. The van der Waals surface area contributed by atoms with E-state index in [-0.39, 0.29) is 23.8 Å². The number of nitrogens with zero attached hydrogens (tertiary/aromatic N) is 3. The van der Waals surface area contributed by atoms with Gasteiger partial charge in [-0.15, -0.1) is 0 Å². The lowest BCUT2D eigenvalue weighted by Gasteiger charge is -2.38. The first kappa shape index (κ1) is 17.2. The van der Waals surface area contributed by atoms with Gasteiger partial charge in [-0.3, -0.25) is 14.3 Å². The third kappa shape index (κ3) is 4.07. The number of piperidine rings is 1. The summed E-state index contributed by atoms with van der Waals surface area (Å²) in [5.74, 6) is -0.0972. The number of aromatic nitrogens is 2. The van der Waals surface area contributed by atoms with Crippen molar-refractivity contribution in [3.05, 3.63) is 54.4 Å². The maximum absolute atomic E-state index is 12.7. The van der Waals surface area contributed by atoms with Crippen LogP contribution in [0.1, 0.15) is 30.9 Å². The lowest BCUT2D eigenvalue weighted by molar-refractivity contribution is -0.141. The minimum atomic E-state index is -0.213. The molecule has 0 spiro atoms. The van der Waals surface area contributed by atoms with Gasteiger partial charge in [-0.2, -0.15) is 5.10 Å². The van der Waals surface area contributed by atoms with Crippen molar-refractivity contribution in [2.24, 2.45) is 5.92 Å². The highest BCUT2D eigenvalue weighted by Crippen LogP contribution is 2.35. The van der Waals surface area contributed by atoms with Crippen molar-refractivity contribution in [3.8, 4) is 0 Å². The van der Waals surface area contributed by atoms with Crippen LogP contribution in [0.15, 0.2) is 48.8 Å². The summed E-state index contributed by atoms with van der Waals surface area (Å²) in [5, 5.41) is 7.18. The molecule has 0 radical (unpaired) electrons. The Bertz CT molecular complexity index is 699. The molecule has 132 valence electrons. The summed E-state index contributed by atoms with van der Waals surface area (Å²) < 4.78 is 1.85. The molecule has 0 unspecified atom stereocenters. The lowest BCUT2D eigenvalue weighted by atomic mass is 9.84. The van der Waals surface area contributed by atoms with E-state index in [1.165, 1.54) is 0 Å². The standard InChI is InChI=1S/C19H24N4O2/c1-22-17(24)10-9-16(18(22)15-7-3-2-4-8-15)19(25)20-11-5-13-23-14-6-12-21-23/h2-4,6-8,12,14,16,18H,5,9-11,13H2,1H3,(H,20,25)/t16-,18-/m0/s1. The van der Waals surface area contributed by atoms with Gasteiger partial charge in [0.15, 0.2) is 0 Å². The summed E-state index contributed by atoms with van der Waals surface area (Å²) in [4.78, 5) is 26.6. The van der Waals surface area contributed by atoms with Crippen LogP contribution in [0.25, 0.3) is 0 Å². The largest absolute Gasteiger partial charge is 0.356 e. The van der Waals surface area contributed by atoms with E-state index < -0.39 is 0 Å². The van der Waals surface area contributed by atoms with Crippen LogP contribution in [0.2, 0.25) is 0 Å². The second kappa shape index (κ2) is 7.96. The fourth-order valence-electron chi connectivity index (χ4n) is 3.44. The number of hydrogen-bond acceptors (Lipinski definition) is 3. The fraction of sp³-hybridized carbons (Fsp3) is 0.421. The van der Waals surface area contributed by atoms with Crippen molar-refractivity contribution < 1.29 is 9.59 Å². The van der Waals surface area contributed by atoms with Crippen LogP contribution in [0.5, 0.6) is 0 Å². The number of benzene rings is 1. The lowest BCUT2D eigenvalue weighted by Crippen LogP contribution is -2.46. The maximum Gasteiger partial charge on any atom is 0.225 e. The van der Waals surface area contributed by atoms with Gasteiger partial charge in [0.2, 0.25) is 11.8 Å². The summed E-state index contributed by atoms with van der Waals surface area (Å²) in [6.45, 7) is 1.38. The van der Waals surface area contributed by atoms with Gasteiger partial charge in [-0.25, -0.2) is 0 Å². The molecule has 1 aliphatic heterocycles. The summed E-state index contributed by atoms with van der Waals surface area (Å²) >= 11 is 0. The molecule has 1 aromatic carbocycles. The van der Waals surface area contributed by atoms with E-state index in [2.05, 4.69) is 10.4 Å². The van der Waals surface area contributed by atoms with Crippen LogP contribution >= 0.6 is 0 Å². The van der Waals surface area contributed by atoms with E-state index in [0.717, 1.165) is 18.5 Å². The van der Waals surface area contributed by atoms with Crippen molar-refractivity contribution >= 4 is 11.8 Å². The van der Waals surface area contributed by atoms with Gasteiger partial charge in [-0.1, -0.05) is 30.3 Å². The number of carbonyl (C=O) groups excluding carboxylic acids is 2. The van der Waals surface area contributed by atoms with Crippen molar-refractivity contribution in [1.82, 2.24) is 20.0 Å². The van der Waals surface area contributed by atoms with Crippen LogP contribution in [0.4, 0.5) is 0 Å². The SMILES string of the molecule is CN1C(=O)CC[C@H](C(=O)NCCCn2cccn2)[C@@H]1c1ccccc1. The minimum Gasteiger partial charge on any atom is -0.356 e. The van der Waals surface area contributed by atoms with Crippen LogP contribution in [-0.4, -0.2) is 40.1 Å². The molecule has 25 heavy (non-hydrogen) atoms. The van der Waals surface area contributed by atoms with Gasteiger partial charge in [-0.05, 0) is 24.5 Å². The Hall–Kier alpha value is -2.63. The van der Waals surface area contributed by atoms with Crippen LogP contribution in [0.3, 0.4) is 0 Å². The first-order valence-corrected chi connectivity index (χ1v) is 8.72. The molecule has 2 amide bonds. The normalized spacial score (nSPS) is 20.5. The smallest absolute Gasteiger partial charge is 0.225 e. The first-order valence-electron chi connectivity index (χ1n) is 8.72. The zero-order chi connectivity index (χ0) is 17.6. The van der Waals surface area contributed by atoms with E-state index in [0.29, 0.717) is 19.4 Å². The van der Waals surface area contributed by atoms with E-state index in [9.17, 15) is 9.59 Å². The molecule has 2 atom stereocenters. The quantitative estimate of drug-likeness (QED) is 0.818. The van der Waals surface area contributed by atoms with E-state index >= 15 is 0 Å². The van der Waals surface area contributed by atoms with Gasteiger partial charge in [0.05, 0.1) is 12.0 Å². The zero-order valence-electron chi connectivity index (χ0n) is 14.5. The van der Waals surface area contributed by atoms with Crippen molar-refractivity contribution in [2.45, 2.75) is 31.8 Å². The van der Waals surface area contributed by atoms with Gasteiger partial charge < -0.3 is 10.2 Å². The summed E-state index contributed by atoms with van der Waals surface area (Å²) in [6.07, 6.45) is 5.50. The molecule has 1 N–H and O–H groups in total. The number of nitrogens with one attached hydrogen (secondary N) is 1. The Labute approximate surface area is 147 Å². The Morgan fingerprint density at radius 1 is 1.28 bits per heavy atom. The Morgan fingerprint density at radius 2 is 2.08 bits per heavy atom. The molecule has 3 rings (SSSR count). The fourth-order valence-corrected chi connectivity index (χ4v) is 3.44. The van der Waals surface area contributed by atoms with Crippen LogP contribution in [-0.2, 0) is 16.1 Å². The molecule has 2 aromatic rings. The number of amides is 2. The van der Waals surface area contributed by atoms with Crippen molar-refractivity contribution in [1.29, 1.82) is 0 Å². The number of aryl methyl sites for hydroxylation is 1. The maximum atomic E-state index is 12.7. The summed E-state index contributed by atoms with van der Waals surface area (Å²) in [5.41, 5.74) is 1.01. The molecular formula is C19H24N4O2. The highest BCUT2D eigenvalue weighted by Gasteiger charge is 2.38. The second-order valence-corrected chi connectivity index (χ2v) is 6.42. The third-order valence-electron chi connectivity index (χ3n) is 4.76. The average Bonchev–Trinajstić information content (AvgIpc) is 3.15. The Morgan fingerprint density at radius 3 is 2.80 bits per heavy atom. The number of hydrogen-bond donors (Lipinski definition) is 1. The monoisotopic (exact) mass is 340 g/mol. The van der Waals surface area contributed by atoms with Gasteiger partial charge in [0.25, 0.3) is 0 Å². The van der Waals surface area contributed by atoms with Crippen LogP contribution < -0.4 is 5.32 Å². The second-order valence-electron chi connectivity index (χ2n) is 6.42. The minimum absolute atomic E-state index is 0.0219. The predicted octanol–water partition coefficient (Wildman–Crippen LogP) is 2.00. The van der Waals surface area contributed by atoms with E-state index in [1.54, 1.807) is 18.1 Å². The number of carbonyl (C=O) groups is 2. The molecule has 6 heteroatoms. The van der Waals surface area contributed by atoms with Crippen molar-refractivity contribution in [2.75, 3.05) is 13.6 Å². The molecule has 1 aliphatic rings. The van der Waals surface area contributed by atoms with E-state index in [4.69, 9.17) is 0 Å². The third-order valence-corrected chi connectivity index (χ3v) is 4.76. The Kier molecular flexibility index (Phi) is 5.48. The molecule has 1 aromatic heterocycles. The highest BCUT2D eigenvalue weighted by atomic mass is 16.2. The molecule has 0 bridgehead atoms. The number of likely N-dealkylation sites (tertiary alicyclic amines) is 1. The molecule has 1 saturated heterocycles. The molecule has 1 fully saturated rings. The number of rotatable bonds is 6. The van der Waals surface area contributed by atoms with Gasteiger partial charge in [0, 0.05) is 39.0 Å². The average molecular weight is 340 g/mol. The predicted molar refractivity (Wildman–Crippen MR) is 94.5 cm³/mol. The molecule has 2 heterocycles. The molecule has 0 aliphatic carbocycles. The first-order chi connectivity index (χ1) is 12.2.